The van der Waals surface area contributed by atoms with Crippen LogP contribution in [0.15, 0.2) is 10.6 Å². The van der Waals surface area contributed by atoms with E-state index in [1.165, 1.54) is 25.9 Å². The van der Waals surface area contributed by atoms with Crippen LogP contribution in [0.2, 0.25) is 0 Å². The Labute approximate surface area is 97.0 Å². The molecule has 1 saturated heterocycles. The van der Waals surface area contributed by atoms with Gasteiger partial charge in [0.25, 0.3) is 0 Å². The molecule has 1 fully saturated rings. The van der Waals surface area contributed by atoms with Gasteiger partial charge in [-0.2, -0.15) is 0 Å². The van der Waals surface area contributed by atoms with Crippen LogP contribution in [-0.4, -0.2) is 36.1 Å². The largest absolute Gasteiger partial charge is 0.444 e. The molecule has 0 spiro atoms. The maximum Gasteiger partial charge on any atom is 0.211 e. The van der Waals surface area contributed by atoms with Gasteiger partial charge in [-0.05, 0) is 46.8 Å². The second kappa shape index (κ2) is 4.97. The van der Waals surface area contributed by atoms with Gasteiger partial charge < -0.3 is 14.6 Å². The lowest BCUT2D eigenvalue weighted by molar-refractivity contribution is 0.220. The molecule has 1 aromatic heterocycles. The summed E-state index contributed by atoms with van der Waals surface area (Å²) >= 11 is 0. The Hall–Kier alpha value is -0.870. The molecule has 0 amide bonds. The van der Waals surface area contributed by atoms with Crippen molar-refractivity contribution in [1.82, 2.24) is 15.2 Å². The van der Waals surface area contributed by atoms with Gasteiger partial charge in [0.15, 0.2) is 0 Å². The fraction of sp³-hybridized carbons (Fsp3) is 0.750. The minimum Gasteiger partial charge on any atom is -0.444 e. The molecule has 1 aliphatic rings. The number of nitrogens with zero attached hydrogens (tertiary/aromatic N) is 2. The van der Waals surface area contributed by atoms with E-state index in [2.05, 4.69) is 29.2 Å². The zero-order chi connectivity index (χ0) is 11.5. The first kappa shape index (κ1) is 11.6. The lowest BCUT2D eigenvalue weighted by atomic mass is 10.0. The SMILES string of the molecule is Cc1cnc(C(C)NC2CCN(C)CC2)o1. The monoisotopic (exact) mass is 223 g/mol. The van der Waals surface area contributed by atoms with Crippen molar-refractivity contribution < 1.29 is 4.42 Å². The van der Waals surface area contributed by atoms with Crippen LogP contribution in [0, 0.1) is 6.92 Å². The molecule has 90 valence electrons. The van der Waals surface area contributed by atoms with Crippen LogP contribution in [0.4, 0.5) is 0 Å². The standard InChI is InChI=1S/C12H21N3O/c1-9-8-13-12(16-9)10(2)14-11-4-6-15(3)7-5-11/h8,10-11,14H,4-7H2,1-3H3. The molecule has 1 aliphatic heterocycles. The number of likely N-dealkylation sites (tertiary alicyclic amines) is 1. The van der Waals surface area contributed by atoms with E-state index in [1.807, 2.05) is 6.92 Å². The third kappa shape index (κ3) is 2.83. The third-order valence-electron chi connectivity index (χ3n) is 3.21. The maximum atomic E-state index is 5.52. The summed E-state index contributed by atoms with van der Waals surface area (Å²) in [7, 11) is 2.18. The molecule has 1 atom stereocenters. The molecule has 0 bridgehead atoms. The first-order valence-corrected chi connectivity index (χ1v) is 6.02. The summed E-state index contributed by atoms with van der Waals surface area (Å²) in [6.45, 7) is 6.40. The zero-order valence-corrected chi connectivity index (χ0v) is 10.4. The van der Waals surface area contributed by atoms with Crippen LogP contribution in [0.25, 0.3) is 0 Å². The molecular weight excluding hydrogens is 202 g/mol. The molecule has 0 aromatic carbocycles. The molecule has 0 aliphatic carbocycles. The smallest absolute Gasteiger partial charge is 0.211 e. The second-order valence-electron chi connectivity index (χ2n) is 4.78. The molecule has 0 saturated carbocycles. The third-order valence-corrected chi connectivity index (χ3v) is 3.21. The normalized spacial score (nSPS) is 21.2. The summed E-state index contributed by atoms with van der Waals surface area (Å²) in [6.07, 6.45) is 4.20. The minimum absolute atomic E-state index is 0.210. The van der Waals surface area contributed by atoms with Crippen LogP contribution in [0.1, 0.15) is 37.5 Å². The van der Waals surface area contributed by atoms with E-state index in [4.69, 9.17) is 4.42 Å². The van der Waals surface area contributed by atoms with E-state index < -0.39 is 0 Å². The van der Waals surface area contributed by atoms with Gasteiger partial charge in [-0.1, -0.05) is 0 Å². The first-order chi connectivity index (χ1) is 7.65. The van der Waals surface area contributed by atoms with Gasteiger partial charge in [0.05, 0.1) is 12.2 Å². The lowest BCUT2D eigenvalue weighted by Gasteiger charge is -2.30. The Morgan fingerprint density at radius 2 is 2.19 bits per heavy atom. The zero-order valence-electron chi connectivity index (χ0n) is 10.4. The minimum atomic E-state index is 0.210. The summed E-state index contributed by atoms with van der Waals surface area (Å²) in [5.41, 5.74) is 0. The van der Waals surface area contributed by atoms with Gasteiger partial charge in [0.2, 0.25) is 5.89 Å². The second-order valence-corrected chi connectivity index (χ2v) is 4.78. The first-order valence-electron chi connectivity index (χ1n) is 6.02. The molecule has 2 rings (SSSR count). The van der Waals surface area contributed by atoms with Crippen LogP contribution in [0.5, 0.6) is 0 Å². The summed E-state index contributed by atoms with van der Waals surface area (Å²) in [4.78, 5) is 6.63. The topological polar surface area (TPSA) is 41.3 Å². The Bertz CT molecular complexity index is 329. The fourth-order valence-electron chi connectivity index (χ4n) is 2.17. The number of rotatable bonds is 3. The van der Waals surface area contributed by atoms with Crippen molar-refractivity contribution in [2.75, 3.05) is 20.1 Å². The van der Waals surface area contributed by atoms with Gasteiger partial charge in [-0.25, -0.2) is 4.98 Å². The number of hydrogen-bond donors (Lipinski definition) is 1. The molecule has 4 nitrogen and oxygen atoms in total. The summed E-state index contributed by atoms with van der Waals surface area (Å²) in [5.74, 6) is 1.68. The van der Waals surface area contributed by atoms with Crippen molar-refractivity contribution in [2.45, 2.75) is 38.8 Å². The average molecular weight is 223 g/mol. The van der Waals surface area contributed by atoms with Crippen molar-refractivity contribution in [1.29, 1.82) is 0 Å². The molecule has 1 unspecified atom stereocenters. The van der Waals surface area contributed by atoms with Gasteiger partial charge in [-0.15, -0.1) is 0 Å². The summed E-state index contributed by atoms with van der Waals surface area (Å²) in [6, 6.07) is 0.806. The molecular formula is C12H21N3O. The van der Waals surface area contributed by atoms with Gasteiger partial charge in [-0.3, -0.25) is 0 Å². The Balaban J connectivity index is 1.85. The maximum absolute atomic E-state index is 5.52. The number of nitrogens with one attached hydrogen (secondary N) is 1. The molecule has 2 heterocycles. The van der Waals surface area contributed by atoms with E-state index in [9.17, 15) is 0 Å². The van der Waals surface area contributed by atoms with E-state index in [1.54, 1.807) is 6.20 Å². The highest BCUT2D eigenvalue weighted by atomic mass is 16.4. The van der Waals surface area contributed by atoms with E-state index in [0.717, 1.165) is 11.7 Å². The fourth-order valence-corrected chi connectivity index (χ4v) is 2.17. The summed E-state index contributed by atoms with van der Waals surface area (Å²) in [5, 5.41) is 3.59. The number of oxazole rings is 1. The van der Waals surface area contributed by atoms with E-state index in [-0.39, 0.29) is 6.04 Å². The molecule has 1 N–H and O–H groups in total. The summed E-state index contributed by atoms with van der Waals surface area (Å²) < 4.78 is 5.52. The van der Waals surface area contributed by atoms with Crippen LogP contribution < -0.4 is 5.32 Å². The average Bonchev–Trinajstić information content (AvgIpc) is 2.68. The Morgan fingerprint density at radius 3 is 2.75 bits per heavy atom. The number of aromatic nitrogens is 1. The lowest BCUT2D eigenvalue weighted by Crippen LogP contribution is -2.41. The van der Waals surface area contributed by atoms with Crippen LogP contribution in [-0.2, 0) is 0 Å². The quantitative estimate of drug-likeness (QED) is 0.847. The number of aryl methyl sites for hydroxylation is 1. The van der Waals surface area contributed by atoms with Crippen molar-refractivity contribution in [3.05, 3.63) is 17.8 Å². The molecule has 4 heteroatoms. The Kier molecular flexibility index (Phi) is 3.61. The van der Waals surface area contributed by atoms with Crippen molar-refractivity contribution >= 4 is 0 Å². The highest BCUT2D eigenvalue weighted by Crippen LogP contribution is 2.16. The molecule has 16 heavy (non-hydrogen) atoms. The van der Waals surface area contributed by atoms with Crippen molar-refractivity contribution in [3.8, 4) is 0 Å². The Morgan fingerprint density at radius 1 is 1.50 bits per heavy atom. The molecule has 1 aromatic rings. The van der Waals surface area contributed by atoms with Crippen molar-refractivity contribution in [3.63, 3.8) is 0 Å². The molecule has 0 radical (unpaired) electrons. The van der Waals surface area contributed by atoms with Crippen LogP contribution in [0.3, 0.4) is 0 Å². The highest BCUT2D eigenvalue weighted by Gasteiger charge is 2.20. The van der Waals surface area contributed by atoms with E-state index >= 15 is 0 Å². The van der Waals surface area contributed by atoms with Crippen LogP contribution >= 0.6 is 0 Å². The number of piperidine rings is 1. The van der Waals surface area contributed by atoms with Gasteiger partial charge >= 0.3 is 0 Å². The highest BCUT2D eigenvalue weighted by molar-refractivity contribution is 4.96. The van der Waals surface area contributed by atoms with Gasteiger partial charge in [0.1, 0.15) is 5.76 Å². The predicted molar refractivity (Wildman–Crippen MR) is 63.3 cm³/mol. The van der Waals surface area contributed by atoms with Gasteiger partial charge in [0, 0.05) is 6.04 Å². The number of hydrogen-bond acceptors (Lipinski definition) is 4. The predicted octanol–water partition coefficient (Wildman–Crippen LogP) is 1.73. The van der Waals surface area contributed by atoms with Crippen molar-refractivity contribution in [2.24, 2.45) is 0 Å². The van der Waals surface area contributed by atoms with E-state index in [0.29, 0.717) is 6.04 Å².